The molecule has 2 rings (SSSR count). The first-order chi connectivity index (χ1) is 9.71. The first-order valence-corrected chi connectivity index (χ1v) is 7.44. The molecule has 2 unspecified atom stereocenters. The Labute approximate surface area is 120 Å². The van der Waals surface area contributed by atoms with E-state index in [1.807, 2.05) is 24.3 Å². The van der Waals surface area contributed by atoms with Gasteiger partial charge in [0.05, 0.1) is 13.2 Å². The van der Waals surface area contributed by atoms with Crippen molar-refractivity contribution in [2.75, 3.05) is 13.2 Å². The van der Waals surface area contributed by atoms with Crippen LogP contribution in [-0.4, -0.2) is 35.0 Å². The van der Waals surface area contributed by atoms with E-state index in [4.69, 9.17) is 9.84 Å². The second-order valence-electron chi connectivity index (χ2n) is 5.65. The van der Waals surface area contributed by atoms with Crippen molar-refractivity contribution in [2.45, 2.75) is 50.9 Å². The molecule has 0 aliphatic heterocycles. The average molecular weight is 279 g/mol. The van der Waals surface area contributed by atoms with Crippen LogP contribution in [0.2, 0.25) is 0 Å². The molecule has 1 aliphatic carbocycles. The van der Waals surface area contributed by atoms with E-state index in [9.17, 15) is 5.11 Å². The largest absolute Gasteiger partial charge is 0.490 e. The Morgan fingerprint density at radius 2 is 2.25 bits per heavy atom. The number of ether oxygens (including phenoxy) is 1. The fourth-order valence-electron chi connectivity index (χ4n) is 2.84. The minimum atomic E-state index is -0.185. The molecule has 0 bridgehead atoms. The summed E-state index contributed by atoms with van der Waals surface area (Å²) in [6.45, 7) is 3.23. The second-order valence-corrected chi connectivity index (χ2v) is 5.65. The van der Waals surface area contributed by atoms with Gasteiger partial charge < -0.3 is 20.3 Å². The van der Waals surface area contributed by atoms with E-state index in [-0.39, 0.29) is 24.9 Å². The quantitative estimate of drug-likeness (QED) is 0.713. The van der Waals surface area contributed by atoms with Crippen molar-refractivity contribution in [1.29, 1.82) is 0 Å². The first-order valence-electron chi connectivity index (χ1n) is 7.44. The van der Waals surface area contributed by atoms with Gasteiger partial charge in [-0.25, -0.2) is 0 Å². The number of aliphatic hydroxyl groups is 2. The summed E-state index contributed by atoms with van der Waals surface area (Å²) in [7, 11) is 0. The van der Waals surface area contributed by atoms with Crippen molar-refractivity contribution in [1.82, 2.24) is 5.32 Å². The van der Waals surface area contributed by atoms with E-state index < -0.39 is 0 Å². The standard InChI is InChI=1S/C16H25NO3/c1-2-8-17-16(12-19)7-6-15(10-16)20-14-5-3-4-13(9-14)11-18/h3-5,9,15,17-19H,2,6-8,10-12H2,1H3. The molecule has 0 aromatic heterocycles. The molecule has 1 saturated carbocycles. The Bertz CT molecular complexity index is 424. The van der Waals surface area contributed by atoms with Gasteiger partial charge in [0.2, 0.25) is 0 Å². The van der Waals surface area contributed by atoms with E-state index in [2.05, 4.69) is 12.2 Å². The molecule has 1 aromatic carbocycles. The van der Waals surface area contributed by atoms with Gasteiger partial charge >= 0.3 is 0 Å². The highest BCUT2D eigenvalue weighted by Crippen LogP contribution is 2.32. The Morgan fingerprint density at radius 3 is 2.95 bits per heavy atom. The minimum absolute atomic E-state index is 0.0283. The van der Waals surface area contributed by atoms with Gasteiger partial charge in [-0.05, 0) is 43.5 Å². The Balaban J connectivity index is 1.94. The highest BCUT2D eigenvalue weighted by atomic mass is 16.5. The summed E-state index contributed by atoms with van der Waals surface area (Å²) in [5.74, 6) is 0.797. The van der Waals surface area contributed by atoms with Crippen LogP contribution in [0.5, 0.6) is 5.75 Å². The van der Waals surface area contributed by atoms with Crippen molar-refractivity contribution >= 4 is 0 Å². The van der Waals surface area contributed by atoms with Gasteiger partial charge in [0.1, 0.15) is 11.9 Å². The van der Waals surface area contributed by atoms with Crippen molar-refractivity contribution < 1.29 is 14.9 Å². The monoisotopic (exact) mass is 279 g/mol. The number of hydrogen-bond acceptors (Lipinski definition) is 4. The molecule has 0 amide bonds. The molecule has 0 radical (unpaired) electrons. The zero-order valence-electron chi connectivity index (χ0n) is 12.1. The fraction of sp³-hybridized carbons (Fsp3) is 0.625. The molecule has 0 spiro atoms. The van der Waals surface area contributed by atoms with Crippen LogP contribution in [0.25, 0.3) is 0 Å². The maximum absolute atomic E-state index is 9.66. The first kappa shape index (κ1) is 15.3. The summed E-state index contributed by atoms with van der Waals surface area (Å²) in [6.07, 6.45) is 3.90. The third-order valence-corrected chi connectivity index (χ3v) is 4.00. The normalized spacial score (nSPS) is 25.9. The van der Waals surface area contributed by atoms with Gasteiger partial charge in [-0.1, -0.05) is 19.1 Å². The van der Waals surface area contributed by atoms with Crippen molar-refractivity contribution in [3.05, 3.63) is 29.8 Å². The van der Waals surface area contributed by atoms with Crippen LogP contribution in [0, 0.1) is 0 Å². The van der Waals surface area contributed by atoms with Crippen LogP contribution >= 0.6 is 0 Å². The van der Waals surface area contributed by atoms with E-state index in [0.29, 0.717) is 0 Å². The average Bonchev–Trinajstić information content (AvgIpc) is 2.89. The third-order valence-electron chi connectivity index (χ3n) is 4.00. The molecule has 1 aliphatic rings. The lowest BCUT2D eigenvalue weighted by atomic mass is 9.98. The molecule has 0 heterocycles. The van der Waals surface area contributed by atoms with E-state index in [1.165, 1.54) is 0 Å². The topological polar surface area (TPSA) is 61.7 Å². The number of nitrogens with one attached hydrogen (secondary N) is 1. The smallest absolute Gasteiger partial charge is 0.120 e. The highest BCUT2D eigenvalue weighted by molar-refractivity contribution is 5.28. The molecule has 2 atom stereocenters. The van der Waals surface area contributed by atoms with E-state index >= 15 is 0 Å². The molecule has 20 heavy (non-hydrogen) atoms. The van der Waals surface area contributed by atoms with Gasteiger partial charge in [0, 0.05) is 12.0 Å². The summed E-state index contributed by atoms with van der Waals surface area (Å²) < 4.78 is 5.99. The number of benzene rings is 1. The number of aliphatic hydroxyl groups excluding tert-OH is 2. The van der Waals surface area contributed by atoms with Gasteiger partial charge in [-0.2, -0.15) is 0 Å². The molecule has 1 fully saturated rings. The summed E-state index contributed by atoms with van der Waals surface area (Å²) >= 11 is 0. The molecule has 4 nitrogen and oxygen atoms in total. The van der Waals surface area contributed by atoms with Crippen LogP contribution in [0.4, 0.5) is 0 Å². The maximum Gasteiger partial charge on any atom is 0.120 e. The molecule has 4 heteroatoms. The lowest BCUT2D eigenvalue weighted by molar-refractivity contribution is 0.140. The second kappa shape index (κ2) is 7.07. The Hall–Kier alpha value is -1.10. The molecule has 1 aromatic rings. The Morgan fingerprint density at radius 1 is 1.40 bits per heavy atom. The highest BCUT2D eigenvalue weighted by Gasteiger charge is 2.39. The molecular weight excluding hydrogens is 254 g/mol. The molecule has 0 saturated heterocycles. The summed E-state index contributed by atoms with van der Waals surface area (Å²) in [6, 6.07) is 7.56. The zero-order valence-corrected chi connectivity index (χ0v) is 12.1. The zero-order chi connectivity index (χ0) is 14.4. The molecule has 112 valence electrons. The minimum Gasteiger partial charge on any atom is -0.490 e. The lowest BCUT2D eigenvalue weighted by Crippen LogP contribution is -2.47. The maximum atomic E-state index is 9.66. The number of rotatable bonds is 7. The Kier molecular flexibility index (Phi) is 5.40. The van der Waals surface area contributed by atoms with Crippen LogP contribution in [0.1, 0.15) is 38.2 Å². The van der Waals surface area contributed by atoms with Crippen molar-refractivity contribution in [2.24, 2.45) is 0 Å². The van der Waals surface area contributed by atoms with Crippen LogP contribution in [-0.2, 0) is 6.61 Å². The lowest BCUT2D eigenvalue weighted by Gasteiger charge is -2.28. The molecule has 3 N–H and O–H groups in total. The summed E-state index contributed by atoms with van der Waals surface area (Å²) in [5, 5.41) is 22.3. The third kappa shape index (κ3) is 3.72. The van der Waals surface area contributed by atoms with Gasteiger partial charge in [0.15, 0.2) is 0 Å². The van der Waals surface area contributed by atoms with Crippen LogP contribution in [0.3, 0.4) is 0 Å². The van der Waals surface area contributed by atoms with E-state index in [0.717, 1.165) is 43.5 Å². The fourth-order valence-corrected chi connectivity index (χ4v) is 2.84. The van der Waals surface area contributed by atoms with Crippen molar-refractivity contribution in [3.8, 4) is 5.75 Å². The predicted molar refractivity (Wildman–Crippen MR) is 78.7 cm³/mol. The van der Waals surface area contributed by atoms with Gasteiger partial charge in [0.25, 0.3) is 0 Å². The predicted octanol–water partition coefficient (Wildman–Crippen LogP) is 1.84. The summed E-state index contributed by atoms with van der Waals surface area (Å²) in [5.41, 5.74) is 0.674. The van der Waals surface area contributed by atoms with E-state index in [1.54, 1.807) is 0 Å². The van der Waals surface area contributed by atoms with Crippen molar-refractivity contribution in [3.63, 3.8) is 0 Å². The summed E-state index contributed by atoms with van der Waals surface area (Å²) in [4.78, 5) is 0. The SMILES string of the molecule is CCCNC1(CO)CCC(Oc2cccc(CO)c2)C1. The van der Waals surface area contributed by atoms with Gasteiger partial charge in [-0.3, -0.25) is 0 Å². The van der Waals surface area contributed by atoms with Gasteiger partial charge in [-0.15, -0.1) is 0 Å². The van der Waals surface area contributed by atoms with Crippen LogP contribution in [0.15, 0.2) is 24.3 Å². The van der Waals surface area contributed by atoms with Crippen LogP contribution < -0.4 is 10.1 Å². The molecular formula is C16H25NO3. The number of hydrogen-bond donors (Lipinski definition) is 3.